The van der Waals surface area contributed by atoms with Crippen molar-refractivity contribution in [2.75, 3.05) is 19.7 Å². The molecule has 8 heteroatoms. The van der Waals surface area contributed by atoms with Crippen LogP contribution in [0.5, 0.6) is 0 Å². The van der Waals surface area contributed by atoms with Gasteiger partial charge < -0.3 is 10.1 Å². The van der Waals surface area contributed by atoms with Crippen molar-refractivity contribution in [2.45, 2.75) is 51.3 Å². The van der Waals surface area contributed by atoms with Crippen LogP contribution in [0.4, 0.5) is 0 Å². The molecule has 0 saturated carbocycles. The summed E-state index contributed by atoms with van der Waals surface area (Å²) >= 11 is 0. The van der Waals surface area contributed by atoms with E-state index in [0.717, 1.165) is 5.56 Å². The molecular weight excluding hydrogens is 368 g/mol. The lowest BCUT2D eigenvalue weighted by atomic mass is 9.87. The lowest BCUT2D eigenvalue weighted by Gasteiger charge is -2.19. The number of ether oxygens (including phenoxy) is 1. The van der Waals surface area contributed by atoms with Gasteiger partial charge in [-0.15, -0.1) is 0 Å². The number of hydrogen-bond acceptors (Lipinski definition) is 5. The third-order valence-corrected chi connectivity index (χ3v) is 5.20. The van der Waals surface area contributed by atoms with Gasteiger partial charge >= 0.3 is 5.97 Å². The van der Waals surface area contributed by atoms with E-state index in [4.69, 9.17) is 4.74 Å². The summed E-state index contributed by atoms with van der Waals surface area (Å²) in [5.74, 6) is -0.714. The molecule has 27 heavy (non-hydrogen) atoms. The third kappa shape index (κ3) is 8.53. The molecule has 0 saturated heterocycles. The van der Waals surface area contributed by atoms with Gasteiger partial charge in [0.2, 0.25) is 10.0 Å². The van der Waals surface area contributed by atoms with Crippen LogP contribution in [-0.2, 0) is 29.8 Å². The normalized spacial score (nSPS) is 12.1. The van der Waals surface area contributed by atoms with Crippen molar-refractivity contribution in [1.82, 2.24) is 10.0 Å². The second kappa shape index (κ2) is 9.85. The van der Waals surface area contributed by atoms with Crippen molar-refractivity contribution in [3.05, 3.63) is 29.8 Å². The van der Waals surface area contributed by atoms with Crippen LogP contribution in [0.25, 0.3) is 0 Å². The Morgan fingerprint density at radius 3 is 2.22 bits per heavy atom. The Morgan fingerprint density at radius 1 is 1.11 bits per heavy atom. The zero-order valence-electron chi connectivity index (χ0n) is 16.7. The largest absolute Gasteiger partial charge is 0.456 e. The van der Waals surface area contributed by atoms with Crippen molar-refractivity contribution in [2.24, 2.45) is 5.92 Å². The van der Waals surface area contributed by atoms with Gasteiger partial charge in [0.05, 0.1) is 11.3 Å². The average molecular weight is 399 g/mol. The fourth-order valence-electron chi connectivity index (χ4n) is 2.09. The maximum atomic E-state index is 12.3. The van der Waals surface area contributed by atoms with E-state index in [1.807, 2.05) is 34.6 Å². The molecule has 0 aliphatic carbocycles. The van der Waals surface area contributed by atoms with Crippen LogP contribution in [0.3, 0.4) is 0 Å². The van der Waals surface area contributed by atoms with Crippen LogP contribution in [0.2, 0.25) is 0 Å². The van der Waals surface area contributed by atoms with Crippen LogP contribution >= 0.6 is 0 Å². The first-order valence-electron chi connectivity index (χ1n) is 8.94. The Bertz CT molecular complexity index is 734. The molecule has 0 atom stereocenters. The fraction of sp³-hybridized carbons (Fsp3) is 0.579. The van der Waals surface area contributed by atoms with Crippen LogP contribution in [0.15, 0.2) is 29.2 Å². The summed E-state index contributed by atoms with van der Waals surface area (Å²) in [6.45, 7) is 10.1. The van der Waals surface area contributed by atoms with Gasteiger partial charge in [-0.25, -0.2) is 13.1 Å². The molecule has 1 rings (SSSR count). The van der Waals surface area contributed by atoms with E-state index in [1.165, 1.54) is 0 Å². The Kier molecular flexibility index (Phi) is 8.43. The molecule has 2 N–H and O–H groups in total. The topological polar surface area (TPSA) is 102 Å². The van der Waals surface area contributed by atoms with Crippen molar-refractivity contribution in [3.63, 3.8) is 0 Å². The molecule has 0 aromatic heterocycles. The Labute approximate surface area is 161 Å². The van der Waals surface area contributed by atoms with Gasteiger partial charge in [0.15, 0.2) is 6.61 Å². The Balaban J connectivity index is 2.43. The maximum absolute atomic E-state index is 12.3. The second-order valence-corrected chi connectivity index (χ2v) is 9.55. The summed E-state index contributed by atoms with van der Waals surface area (Å²) in [5, 5.41) is 2.63. The van der Waals surface area contributed by atoms with Gasteiger partial charge in [0.1, 0.15) is 0 Å². The first-order chi connectivity index (χ1) is 12.4. The third-order valence-electron chi connectivity index (χ3n) is 3.72. The molecule has 0 bridgehead atoms. The monoisotopic (exact) mass is 398 g/mol. The summed E-state index contributed by atoms with van der Waals surface area (Å²) in [7, 11) is -3.70. The predicted molar refractivity (Wildman–Crippen MR) is 104 cm³/mol. The summed E-state index contributed by atoms with van der Waals surface area (Å²) < 4.78 is 31.7. The maximum Gasteiger partial charge on any atom is 0.307 e. The molecule has 0 aliphatic heterocycles. The van der Waals surface area contributed by atoms with Gasteiger partial charge in [-0.2, -0.15) is 0 Å². The summed E-state index contributed by atoms with van der Waals surface area (Å²) in [4.78, 5) is 23.2. The highest BCUT2D eigenvalue weighted by Crippen LogP contribution is 2.23. The SMILES string of the molecule is CC(C)CNC(=O)COC(=O)CCNS(=O)(=O)c1ccc(C(C)(C)C)cc1. The number of carbonyl (C=O) groups is 2. The summed E-state index contributed by atoms with van der Waals surface area (Å²) in [5.41, 5.74) is 0.960. The van der Waals surface area contributed by atoms with Crippen LogP contribution in [0.1, 0.15) is 46.6 Å². The average Bonchev–Trinajstić information content (AvgIpc) is 2.57. The summed E-state index contributed by atoms with van der Waals surface area (Å²) in [6, 6.07) is 6.64. The van der Waals surface area contributed by atoms with E-state index < -0.39 is 16.0 Å². The molecule has 7 nitrogen and oxygen atoms in total. The standard InChI is InChI=1S/C19H30N2O5S/c1-14(2)12-20-17(22)13-26-18(23)10-11-21-27(24,25)16-8-6-15(7-9-16)19(3,4)5/h6-9,14,21H,10-13H2,1-5H3,(H,20,22). The number of nitrogens with one attached hydrogen (secondary N) is 2. The van der Waals surface area contributed by atoms with Gasteiger partial charge in [-0.1, -0.05) is 46.8 Å². The van der Waals surface area contributed by atoms with E-state index in [2.05, 4.69) is 10.0 Å². The number of rotatable bonds is 9. The van der Waals surface area contributed by atoms with Crippen LogP contribution in [0, 0.1) is 5.92 Å². The molecule has 0 unspecified atom stereocenters. The molecule has 0 fully saturated rings. The second-order valence-electron chi connectivity index (χ2n) is 7.78. The minimum atomic E-state index is -3.70. The van der Waals surface area contributed by atoms with Gasteiger partial charge in [0, 0.05) is 13.1 Å². The number of benzene rings is 1. The van der Waals surface area contributed by atoms with Crippen molar-refractivity contribution >= 4 is 21.9 Å². The van der Waals surface area contributed by atoms with E-state index in [9.17, 15) is 18.0 Å². The molecule has 1 aromatic rings. The molecule has 0 radical (unpaired) electrons. The number of esters is 1. The first-order valence-corrected chi connectivity index (χ1v) is 10.4. The molecule has 152 valence electrons. The molecular formula is C19H30N2O5S. The van der Waals surface area contributed by atoms with Crippen molar-refractivity contribution in [3.8, 4) is 0 Å². The predicted octanol–water partition coefficient (Wildman–Crippen LogP) is 1.97. The number of sulfonamides is 1. The zero-order chi connectivity index (χ0) is 20.7. The lowest BCUT2D eigenvalue weighted by molar-refractivity contribution is -0.148. The molecule has 0 heterocycles. The van der Waals surface area contributed by atoms with Crippen LogP contribution in [-0.4, -0.2) is 40.0 Å². The van der Waals surface area contributed by atoms with Crippen molar-refractivity contribution < 1.29 is 22.7 Å². The highest BCUT2D eigenvalue weighted by Gasteiger charge is 2.18. The van der Waals surface area contributed by atoms with Gasteiger partial charge in [-0.3, -0.25) is 9.59 Å². The highest BCUT2D eigenvalue weighted by atomic mass is 32.2. The fourth-order valence-corrected chi connectivity index (χ4v) is 3.12. The number of amides is 1. The first kappa shape index (κ1) is 23.1. The number of hydrogen-bond donors (Lipinski definition) is 2. The zero-order valence-corrected chi connectivity index (χ0v) is 17.5. The smallest absolute Gasteiger partial charge is 0.307 e. The van der Waals surface area contributed by atoms with E-state index in [0.29, 0.717) is 12.5 Å². The van der Waals surface area contributed by atoms with E-state index in [-0.39, 0.29) is 35.8 Å². The van der Waals surface area contributed by atoms with Crippen molar-refractivity contribution in [1.29, 1.82) is 0 Å². The summed E-state index contributed by atoms with van der Waals surface area (Å²) in [6.07, 6.45) is -0.156. The van der Waals surface area contributed by atoms with Gasteiger partial charge in [0.25, 0.3) is 5.91 Å². The molecule has 0 aliphatic rings. The van der Waals surface area contributed by atoms with Crippen LogP contribution < -0.4 is 10.0 Å². The van der Waals surface area contributed by atoms with E-state index in [1.54, 1.807) is 24.3 Å². The minimum absolute atomic E-state index is 0.0685. The molecule has 1 aromatic carbocycles. The minimum Gasteiger partial charge on any atom is -0.456 e. The lowest BCUT2D eigenvalue weighted by Crippen LogP contribution is -2.32. The van der Waals surface area contributed by atoms with Gasteiger partial charge in [-0.05, 0) is 29.0 Å². The Morgan fingerprint density at radius 2 is 1.70 bits per heavy atom. The molecule has 1 amide bonds. The molecule has 0 spiro atoms. The van der Waals surface area contributed by atoms with E-state index >= 15 is 0 Å². The quantitative estimate of drug-likeness (QED) is 0.619. The Hall–Kier alpha value is -1.93. The highest BCUT2D eigenvalue weighted by molar-refractivity contribution is 7.89. The number of carbonyl (C=O) groups excluding carboxylic acids is 2.